The van der Waals surface area contributed by atoms with Gasteiger partial charge in [0.15, 0.2) is 0 Å². The normalized spacial score (nSPS) is 28.3. The summed E-state index contributed by atoms with van der Waals surface area (Å²) in [5.74, 6) is -0.380. The molecule has 0 radical (unpaired) electrons. The van der Waals surface area contributed by atoms with Crippen LogP contribution in [0.25, 0.3) is 0 Å². The molecule has 0 aromatic carbocycles. The predicted molar refractivity (Wildman–Crippen MR) is 122 cm³/mol. The van der Waals surface area contributed by atoms with Crippen molar-refractivity contribution in [1.29, 1.82) is 0 Å². The van der Waals surface area contributed by atoms with Gasteiger partial charge in [-0.05, 0) is 43.6 Å². The number of ether oxygens (including phenoxy) is 1. The van der Waals surface area contributed by atoms with Gasteiger partial charge < -0.3 is 26.4 Å². The van der Waals surface area contributed by atoms with Crippen LogP contribution in [0.5, 0.6) is 0 Å². The number of nitrogens with zero attached hydrogens (tertiary/aromatic N) is 3. The van der Waals surface area contributed by atoms with E-state index >= 15 is 0 Å². The van der Waals surface area contributed by atoms with Gasteiger partial charge in [-0.1, -0.05) is 13.8 Å². The Bertz CT molecular complexity index is 1010. The Hall–Kier alpha value is -3.01. The van der Waals surface area contributed by atoms with Gasteiger partial charge in [0, 0.05) is 18.8 Å². The van der Waals surface area contributed by atoms with Crippen LogP contribution in [0.3, 0.4) is 0 Å². The molecule has 33 heavy (non-hydrogen) atoms. The number of carbonyl (C=O) groups is 3. The summed E-state index contributed by atoms with van der Waals surface area (Å²) in [7, 11) is 0. The minimum atomic E-state index is -0.655. The second-order valence-electron chi connectivity index (χ2n) is 10.0. The van der Waals surface area contributed by atoms with Crippen LogP contribution < -0.4 is 21.7 Å². The zero-order valence-electron chi connectivity index (χ0n) is 19.3. The van der Waals surface area contributed by atoms with Crippen LogP contribution in [0.15, 0.2) is 18.0 Å². The molecule has 4 unspecified atom stereocenters. The van der Waals surface area contributed by atoms with E-state index in [1.165, 1.54) is 6.20 Å². The molecule has 4 atom stereocenters. The molecular formula is C23H32N6O4. The largest absolute Gasteiger partial charge is 0.459 e. The molecule has 1 amide bonds. The second kappa shape index (κ2) is 8.74. The number of carbonyl (C=O) groups excluding carboxylic acids is 3. The van der Waals surface area contributed by atoms with E-state index in [4.69, 9.17) is 16.2 Å². The van der Waals surface area contributed by atoms with Crippen LogP contribution in [0, 0.1) is 11.3 Å². The van der Waals surface area contributed by atoms with Crippen molar-refractivity contribution in [2.45, 2.75) is 71.1 Å². The van der Waals surface area contributed by atoms with Crippen LogP contribution in [-0.2, 0) is 14.3 Å². The summed E-state index contributed by atoms with van der Waals surface area (Å²) in [5.41, 5.74) is 12.0. The van der Waals surface area contributed by atoms with E-state index in [-0.39, 0.29) is 47.4 Å². The molecule has 3 aliphatic rings. The summed E-state index contributed by atoms with van der Waals surface area (Å²) in [5, 5.41) is 3.26. The second-order valence-corrected chi connectivity index (χ2v) is 10.0. The van der Waals surface area contributed by atoms with Gasteiger partial charge in [-0.3, -0.25) is 14.4 Å². The molecule has 1 aromatic rings. The Morgan fingerprint density at radius 2 is 2.09 bits per heavy atom. The summed E-state index contributed by atoms with van der Waals surface area (Å²) < 4.78 is 5.45. The first kappa shape index (κ1) is 23.2. The van der Waals surface area contributed by atoms with Crippen LogP contribution in [0.1, 0.15) is 63.2 Å². The van der Waals surface area contributed by atoms with E-state index in [1.807, 2.05) is 18.0 Å². The molecule has 10 heteroatoms. The summed E-state index contributed by atoms with van der Waals surface area (Å²) in [4.78, 5) is 47.6. The van der Waals surface area contributed by atoms with E-state index in [0.717, 1.165) is 24.8 Å². The number of aromatic nitrogens is 2. The average Bonchev–Trinajstić information content (AvgIpc) is 3.30. The molecule has 2 heterocycles. The lowest BCUT2D eigenvalue weighted by Crippen LogP contribution is -2.46. The number of rotatable bonds is 6. The van der Waals surface area contributed by atoms with Crippen molar-refractivity contribution in [1.82, 2.24) is 9.97 Å². The number of nitrogens with one attached hydrogen (secondary N) is 1. The molecular weight excluding hydrogens is 424 g/mol. The van der Waals surface area contributed by atoms with E-state index < -0.39 is 11.9 Å². The number of hydrogen-bond donors (Lipinski definition) is 3. The van der Waals surface area contributed by atoms with Gasteiger partial charge in [-0.2, -0.15) is 4.98 Å². The molecule has 0 bridgehead atoms. The number of primary amides is 1. The lowest BCUT2D eigenvalue weighted by Gasteiger charge is -2.40. The molecule has 2 fully saturated rings. The molecule has 178 valence electrons. The highest BCUT2D eigenvalue weighted by Crippen LogP contribution is 2.45. The first-order valence-corrected chi connectivity index (χ1v) is 11.4. The summed E-state index contributed by atoms with van der Waals surface area (Å²) in [6, 6.07) is -0.293. The molecule has 5 N–H and O–H groups in total. The molecule has 2 aliphatic carbocycles. The number of Topliss-reactive ketones (excluding diaryl/α,β-unsaturated/α-hetero) is 1. The van der Waals surface area contributed by atoms with Crippen molar-refractivity contribution >= 4 is 29.4 Å². The van der Waals surface area contributed by atoms with Crippen LogP contribution in [0.4, 0.5) is 11.8 Å². The van der Waals surface area contributed by atoms with Crippen molar-refractivity contribution in [2.75, 3.05) is 16.8 Å². The number of nitrogens with two attached hydrogens (primary N) is 2. The highest BCUT2D eigenvalue weighted by Gasteiger charge is 2.47. The van der Waals surface area contributed by atoms with Crippen LogP contribution >= 0.6 is 0 Å². The van der Waals surface area contributed by atoms with Crippen LogP contribution in [-0.4, -0.2) is 52.4 Å². The molecule has 4 rings (SSSR count). The number of anilines is 2. The fourth-order valence-electron chi connectivity index (χ4n) is 5.38. The van der Waals surface area contributed by atoms with E-state index in [1.54, 1.807) is 0 Å². The molecule has 10 nitrogen and oxygen atoms in total. The van der Waals surface area contributed by atoms with E-state index in [0.29, 0.717) is 24.6 Å². The molecule has 0 saturated heterocycles. The van der Waals surface area contributed by atoms with Gasteiger partial charge in [-0.25, -0.2) is 4.98 Å². The Kier molecular flexibility index (Phi) is 6.13. The van der Waals surface area contributed by atoms with Crippen LogP contribution in [0.2, 0.25) is 0 Å². The third kappa shape index (κ3) is 4.57. The lowest BCUT2D eigenvalue weighted by molar-refractivity contribution is -0.147. The zero-order chi connectivity index (χ0) is 23.9. The highest BCUT2D eigenvalue weighted by molar-refractivity contribution is 5.97. The van der Waals surface area contributed by atoms with Crippen molar-refractivity contribution in [2.24, 2.45) is 22.8 Å². The van der Waals surface area contributed by atoms with E-state index in [9.17, 15) is 14.4 Å². The Morgan fingerprint density at radius 3 is 2.79 bits per heavy atom. The number of amides is 1. The summed E-state index contributed by atoms with van der Waals surface area (Å²) in [6.07, 6.45) is 6.65. The van der Waals surface area contributed by atoms with Gasteiger partial charge in [0.2, 0.25) is 5.95 Å². The Balaban J connectivity index is 1.63. The maximum absolute atomic E-state index is 12.8. The topological polar surface area (TPSA) is 154 Å². The SMILES string of the molecule is CC1=CN(c2ncc(C(N)=O)c(NC3CCCC3OC(=O)CN)n2)C2CC(C)(C)CC(=O)C12. The number of ketones is 1. The minimum Gasteiger partial charge on any atom is -0.459 e. The standard InChI is InChI=1S/C23H32N6O4/c1-12-11-29(15-7-23(2,3)8-16(30)19(12)15)22-26-10-13(20(25)32)21(28-22)27-14-5-4-6-17(14)33-18(31)9-24/h10-11,14-15,17,19H,4-9,24H2,1-3H3,(H2,25,32)(H,26,27,28). The third-order valence-corrected chi connectivity index (χ3v) is 6.83. The van der Waals surface area contributed by atoms with Gasteiger partial charge >= 0.3 is 5.97 Å². The minimum absolute atomic E-state index is 0.0710. The quantitative estimate of drug-likeness (QED) is 0.540. The summed E-state index contributed by atoms with van der Waals surface area (Å²) in [6.45, 7) is 5.96. The fourth-order valence-corrected chi connectivity index (χ4v) is 5.38. The van der Waals surface area contributed by atoms with E-state index in [2.05, 4.69) is 29.1 Å². The first-order valence-electron chi connectivity index (χ1n) is 11.4. The average molecular weight is 457 g/mol. The van der Waals surface area contributed by atoms with Crippen molar-refractivity contribution in [3.8, 4) is 0 Å². The Morgan fingerprint density at radius 1 is 1.33 bits per heavy atom. The van der Waals surface area contributed by atoms with Crippen molar-refractivity contribution < 1.29 is 19.1 Å². The maximum atomic E-state index is 12.8. The fraction of sp³-hybridized carbons (Fsp3) is 0.609. The van der Waals surface area contributed by atoms with Gasteiger partial charge in [0.25, 0.3) is 5.91 Å². The summed E-state index contributed by atoms with van der Waals surface area (Å²) >= 11 is 0. The first-order chi connectivity index (χ1) is 15.6. The molecule has 0 spiro atoms. The van der Waals surface area contributed by atoms with Crippen molar-refractivity contribution in [3.05, 3.63) is 23.5 Å². The smallest absolute Gasteiger partial charge is 0.320 e. The lowest BCUT2D eigenvalue weighted by atomic mass is 9.68. The molecule has 1 aromatic heterocycles. The van der Waals surface area contributed by atoms with Gasteiger partial charge in [-0.15, -0.1) is 0 Å². The van der Waals surface area contributed by atoms with Gasteiger partial charge in [0.1, 0.15) is 17.7 Å². The third-order valence-electron chi connectivity index (χ3n) is 6.83. The zero-order valence-corrected chi connectivity index (χ0v) is 19.3. The molecule has 1 aliphatic heterocycles. The Labute approximate surface area is 193 Å². The number of fused-ring (bicyclic) bond motifs is 1. The maximum Gasteiger partial charge on any atom is 0.320 e. The van der Waals surface area contributed by atoms with Crippen molar-refractivity contribution in [3.63, 3.8) is 0 Å². The predicted octanol–water partition coefficient (Wildman–Crippen LogP) is 1.51. The monoisotopic (exact) mass is 456 g/mol. The number of esters is 1. The van der Waals surface area contributed by atoms with Gasteiger partial charge in [0.05, 0.1) is 30.1 Å². The highest BCUT2D eigenvalue weighted by atomic mass is 16.5. The number of hydrogen-bond acceptors (Lipinski definition) is 9. The molecule has 2 saturated carbocycles.